The Kier molecular flexibility index (Phi) is 5.12. The Balaban J connectivity index is 1.83. The summed E-state index contributed by atoms with van der Waals surface area (Å²) in [5, 5.41) is 3.64. The van der Waals surface area contributed by atoms with Crippen molar-refractivity contribution in [1.29, 1.82) is 0 Å². The van der Waals surface area contributed by atoms with E-state index in [9.17, 15) is 4.79 Å². The fourth-order valence-corrected chi connectivity index (χ4v) is 3.19. The van der Waals surface area contributed by atoms with E-state index >= 15 is 0 Å². The van der Waals surface area contributed by atoms with Crippen LogP contribution < -0.4 is 5.32 Å². The molecule has 6 heteroatoms. The van der Waals surface area contributed by atoms with Crippen molar-refractivity contribution in [1.82, 2.24) is 15.2 Å². The molecular weight excluding hydrogens is 298 g/mol. The third-order valence-corrected chi connectivity index (χ3v) is 4.97. The molecule has 0 atom stereocenters. The lowest BCUT2D eigenvalue weighted by Crippen LogP contribution is -2.53. The number of hydrogen-bond donors (Lipinski definition) is 1. The van der Waals surface area contributed by atoms with Gasteiger partial charge in [-0.15, -0.1) is 11.3 Å². The minimum atomic E-state index is -0.431. The Hall–Kier alpha value is -1.14. The first-order chi connectivity index (χ1) is 10.2. The number of aryl methyl sites for hydroxylation is 1. The Morgan fingerprint density at radius 3 is 2.59 bits per heavy atom. The van der Waals surface area contributed by atoms with Gasteiger partial charge in [0.05, 0.1) is 11.2 Å². The molecule has 0 unspecified atom stereocenters. The zero-order valence-corrected chi connectivity index (χ0v) is 15.0. The Bertz CT molecular complexity index is 514. The highest BCUT2D eigenvalue weighted by Gasteiger charge is 2.33. The summed E-state index contributed by atoms with van der Waals surface area (Å²) in [4.78, 5) is 19.5. The Morgan fingerprint density at radius 1 is 1.45 bits per heavy atom. The number of rotatable bonds is 3. The first kappa shape index (κ1) is 17.2. The molecule has 2 heterocycles. The molecule has 1 N–H and O–H groups in total. The van der Waals surface area contributed by atoms with E-state index in [4.69, 9.17) is 4.74 Å². The van der Waals surface area contributed by atoms with Crippen molar-refractivity contribution < 1.29 is 9.53 Å². The third-order valence-electron chi connectivity index (χ3n) is 4.04. The second-order valence-electron chi connectivity index (χ2n) is 7.24. The van der Waals surface area contributed by atoms with E-state index in [2.05, 4.69) is 17.2 Å². The van der Waals surface area contributed by atoms with Crippen molar-refractivity contribution in [2.24, 2.45) is 0 Å². The number of carbonyl (C=O) groups is 1. The first-order valence-electron chi connectivity index (χ1n) is 7.80. The van der Waals surface area contributed by atoms with E-state index in [1.54, 1.807) is 11.3 Å². The van der Waals surface area contributed by atoms with Crippen LogP contribution >= 0.6 is 11.3 Å². The van der Waals surface area contributed by atoms with Gasteiger partial charge in [-0.25, -0.2) is 9.78 Å². The number of likely N-dealkylation sites (tertiary alicyclic amines) is 1. The van der Waals surface area contributed by atoms with Crippen LogP contribution in [0, 0.1) is 6.92 Å². The number of ether oxygens (including phenoxy) is 1. The summed E-state index contributed by atoms with van der Waals surface area (Å²) in [5.74, 6) is 0. The van der Waals surface area contributed by atoms with E-state index in [1.165, 1.54) is 4.88 Å². The van der Waals surface area contributed by atoms with Gasteiger partial charge in [0.15, 0.2) is 0 Å². The molecule has 1 saturated heterocycles. The van der Waals surface area contributed by atoms with Crippen LogP contribution in [-0.2, 0) is 11.3 Å². The highest BCUT2D eigenvalue weighted by molar-refractivity contribution is 7.09. The van der Waals surface area contributed by atoms with E-state index in [0.717, 1.165) is 38.2 Å². The fraction of sp³-hybridized carbons (Fsp3) is 0.750. The second-order valence-corrected chi connectivity index (χ2v) is 8.18. The van der Waals surface area contributed by atoms with Crippen molar-refractivity contribution in [2.75, 3.05) is 13.1 Å². The summed E-state index contributed by atoms with van der Waals surface area (Å²) < 4.78 is 5.44. The van der Waals surface area contributed by atoms with Crippen molar-refractivity contribution in [3.05, 3.63) is 16.1 Å². The Labute approximate surface area is 137 Å². The summed E-state index contributed by atoms with van der Waals surface area (Å²) in [6.07, 6.45) is 1.67. The maximum absolute atomic E-state index is 12.1. The summed E-state index contributed by atoms with van der Waals surface area (Å²) in [6, 6.07) is 0. The van der Waals surface area contributed by atoms with Gasteiger partial charge in [0, 0.05) is 30.1 Å². The van der Waals surface area contributed by atoms with Crippen LogP contribution in [0.15, 0.2) is 5.51 Å². The zero-order valence-electron chi connectivity index (χ0n) is 14.2. The topological polar surface area (TPSA) is 54.5 Å². The average molecular weight is 325 g/mol. The molecule has 1 aromatic rings. The van der Waals surface area contributed by atoms with Crippen molar-refractivity contribution in [3.63, 3.8) is 0 Å². The molecule has 124 valence electrons. The summed E-state index contributed by atoms with van der Waals surface area (Å²) in [7, 11) is 0. The molecule has 1 fully saturated rings. The van der Waals surface area contributed by atoms with Gasteiger partial charge in [0.25, 0.3) is 0 Å². The minimum Gasteiger partial charge on any atom is -0.444 e. The van der Waals surface area contributed by atoms with Crippen LogP contribution in [-0.4, -0.2) is 40.2 Å². The van der Waals surface area contributed by atoms with E-state index in [1.807, 2.05) is 38.1 Å². The number of nitrogens with one attached hydrogen (secondary N) is 1. The second kappa shape index (κ2) is 6.54. The van der Waals surface area contributed by atoms with Gasteiger partial charge in [-0.05, 0) is 47.5 Å². The number of thiazole rings is 1. The number of hydrogen-bond acceptors (Lipinski definition) is 5. The maximum atomic E-state index is 12.1. The van der Waals surface area contributed by atoms with Gasteiger partial charge in [-0.2, -0.15) is 0 Å². The van der Waals surface area contributed by atoms with E-state index < -0.39 is 5.60 Å². The lowest BCUT2D eigenvalue weighted by atomic mass is 9.89. The van der Waals surface area contributed by atoms with Gasteiger partial charge in [-0.1, -0.05) is 0 Å². The van der Waals surface area contributed by atoms with Crippen LogP contribution in [0.4, 0.5) is 4.79 Å². The zero-order chi connectivity index (χ0) is 16.4. The lowest BCUT2D eigenvalue weighted by Gasteiger charge is -2.40. The van der Waals surface area contributed by atoms with Gasteiger partial charge < -0.3 is 15.0 Å². The van der Waals surface area contributed by atoms with Crippen LogP contribution in [0.2, 0.25) is 0 Å². The highest BCUT2D eigenvalue weighted by Crippen LogP contribution is 2.24. The van der Waals surface area contributed by atoms with Gasteiger partial charge in [0.1, 0.15) is 5.60 Å². The third kappa shape index (κ3) is 4.68. The number of aromatic nitrogens is 1. The largest absolute Gasteiger partial charge is 0.444 e. The normalized spacial score (nSPS) is 18.3. The highest BCUT2D eigenvalue weighted by atomic mass is 32.1. The van der Waals surface area contributed by atoms with Crippen molar-refractivity contribution in [2.45, 2.75) is 65.1 Å². The molecule has 22 heavy (non-hydrogen) atoms. The molecule has 5 nitrogen and oxygen atoms in total. The number of amides is 1. The van der Waals surface area contributed by atoms with Crippen LogP contribution in [0.1, 0.15) is 51.1 Å². The van der Waals surface area contributed by atoms with E-state index in [0.29, 0.717) is 0 Å². The van der Waals surface area contributed by atoms with E-state index in [-0.39, 0.29) is 11.6 Å². The molecule has 0 radical (unpaired) electrons. The SMILES string of the molecule is Cc1ncsc1CNC1(C)CCN(C(=O)OC(C)(C)C)CC1. The first-order valence-corrected chi connectivity index (χ1v) is 8.68. The molecule has 1 aromatic heterocycles. The molecule has 1 aliphatic heterocycles. The predicted octanol–water partition coefficient (Wildman–Crippen LogP) is 3.33. The quantitative estimate of drug-likeness (QED) is 0.926. The monoisotopic (exact) mass is 325 g/mol. The summed E-state index contributed by atoms with van der Waals surface area (Å²) in [6.45, 7) is 12.3. The number of carbonyl (C=O) groups excluding carboxylic acids is 1. The summed E-state index contributed by atoms with van der Waals surface area (Å²) >= 11 is 1.69. The molecule has 2 rings (SSSR count). The molecule has 1 aliphatic rings. The van der Waals surface area contributed by atoms with Crippen LogP contribution in [0.3, 0.4) is 0 Å². The smallest absolute Gasteiger partial charge is 0.410 e. The average Bonchev–Trinajstić information content (AvgIpc) is 2.81. The molecule has 0 bridgehead atoms. The molecule has 1 amide bonds. The Morgan fingerprint density at radius 2 is 2.09 bits per heavy atom. The predicted molar refractivity (Wildman–Crippen MR) is 89.1 cm³/mol. The molecule has 0 aromatic carbocycles. The molecule has 0 aliphatic carbocycles. The molecule has 0 spiro atoms. The number of nitrogens with zero attached hydrogens (tertiary/aromatic N) is 2. The number of piperidine rings is 1. The maximum Gasteiger partial charge on any atom is 0.410 e. The van der Waals surface area contributed by atoms with Crippen LogP contribution in [0.5, 0.6) is 0 Å². The van der Waals surface area contributed by atoms with Gasteiger partial charge in [0.2, 0.25) is 0 Å². The standard InChI is InChI=1S/C16H27N3O2S/c1-12-13(22-11-17-12)10-18-16(5)6-8-19(9-7-16)14(20)21-15(2,3)4/h11,18H,6-10H2,1-5H3. The van der Waals surface area contributed by atoms with Gasteiger partial charge >= 0.3 is 6.09 Å². The fourth-order valence-electron chi connectivity index (χ4n) is 2.48. The van der Waals surface area contributed by atoms with Crippen molar-refractivity contribution in [3.8, 4) is 0 Å². The lowest BCUT2D eigenvalue weighted by molar-refractivity contribution is 0.0157. The van der Waals surface area contributed by atoms with Crippen LogP contribution in [0.25, 0.3) is 0 Å². The molecule has 0 saturated carbocycles. The van der Waals surface area contributed by atoms with Gasteiger partial charge in [-0.3, -0.25) is 0 Å². The summed E-state index contributed by atoms with van der Waals surface area (Å²) in [5.41, 5.74) is 2.63. The minimum absolute atomic E-state index is 0.0644. The molecular formula is C16H27N3O2S. The van der Waals surface area contributed by atoms with Crippen molar-refractivity contribution >= 4 is 17.4 Å².